The Morgan fingerprint density at radius 2 is 2.12 bits per heavy atom. The zero-order valence-electron chi connectivity index (χ0n) is 13.2. The molecule has 6 heteroatoms. The number of benzene rings is 1. The van der Waals surface area contributed by atoms with Gasteiger partial charge in [0.25, 0.3) is 11.8 Å². The molecular weight excluding hydrogens is 306 g/mol. The Labute approximate surface area is 139 Å². The maximum atomic E-state index is 12.2. The average Bonchev–Trinajstić information content (AvgIpc) is 2.59. The summed E-state index contributed by atoms with van der Waals surface area (Å²) >= 11 is 0. The molecule has 1 N–H and O–H groups in total. The van der Waals surface area contributed by atoms with Crippen LogP contribution in [0.15, 0.2) is 55.4 Å². The Bertz CT molecular complexity index is 789. The number of carbonyl (C=O) groups excluding carboxylic acids is 2. The van der Waals surface area contributed by atoms with Crippen molar-refractivity contribution < 1.29 is 14.3 Å². The molecule has 0 aliphatic carbocycles. The van der Waals surface area contributed by atoms with Crippen LogP contribution >= 0.6 is 0 Å². The second-order valence-corrected chi connectivity index (χ2v) is 5.37. The minimum absolute atomic E-state index is 0.115. The largest absolute Gasteiger partial charge is 0.479 e. The Morgan fingerprint density at radius 3 is 2.83 bits per heavy atom. The van der Waals surface area contributed by atoms with Gasteiger partial charge in [-0.15, -0.1) is 6.58 Å². The average molecular weight is 323 g/mol. The van der Waals surface area contributed by atoms with Gasteiger partial charge in [0.15, 0.2) is 6.10 Å². The van der Waals surface area contributed by atoms with Gasteiger partial charge in [0.1, 0.15) is 5.75 Å². The second kappa shape index (κ2) is 6.54. The Kier molecular flexibility index (Phi) is 4.29. The second-order valence-electron chi connectivity index (χ2n) is 5.37. The van der Waals surface area contributed by atoms with Crippen molar-refractivity contribution in [2.45, 2.75) is 13.0 Å². The Balaban J connectivity index is 1.86. The third kappa shape index (κ3) is 2.99. The Morgan fingerprint density at radius 1 is 1.38 bits per heavy atom. The first-order valence-electron chi connectivity index (χ1n) is 7.54. The van der Waals surface area contributed by atoms with E-state index in [1.165, 1.54) is 0 Å². The van der Waals surface area contributed by atoms with Gasteiger partial charge < -0.3 is 15.0 Å². The molecule has 1 aromatic heterocycles. The number of pyridine rings is 1. The third-order valence-corrected chi connectivity index (χ3v) is 3.68. The zero-order valence-corrected chi connectivity index (χ0v) is 13.2. The first-order chi connectivity index (χ1) is 11.6. The number of hydrogen-bond acceptors (Lipinski definition) is 4. The van der Waals surface area contributed by atoms with Crippen molar-refractivity contribution in [2.24, 2.45) is 0 Å². The van der Waals surface area contributed by atoms with Gasteiger partial charge in [-0.25, -0.2) is 0 Å². The number of rotatable bonds is 4. The molecule has 0 radical (unpaired) electrons. The third-order valence-electron chi connectivity index (χ3n) is 3.68. The molecule has 6 nitrogen and oxygen atoms in total. The van der Waals surface area contributed by atoms with Gasteiger partial charge in [0.05, 0.1) is 5.69 Å². The predicted molar refractivity (Wildman–Crippen MR) is 91.3 cm³/mol. The first kappa shape index (κ1) is 15.7. The number of anilines is 2. The minimum atomic E-state index is -0.580. The van der Waals surface area contributed by atoms with Crippen LogP contribution < -0.4 is 15.0 Å². The summed E-state index contributed by atoms with van der Waals surface area (Å²) in [5.41, 5.74) is 1.77. The first-order valence-corrected chi connectivity index (χ1v) is 7.54. The molecule has 0 fully saturated rings. The molecular formula is C18H17N3O3. The van der Waals surface area contributed by atoms with E-state index in [1.807, 2.05) is 0 Å². The van der Waals surface area contributed by atoms with Gasteiger partial charge in [-0.2, -0.15) is 0 Å². The predicted octanol–water partition coefficient (Wildman–Crippen LogP) is 2.63. The number of nitrogens with zero attached hydrogens (tertiary/aromatic N) is 2. The lowest BCUT2D eigenvalue weighted by atomic mass is 10.1. The van der Waals surface area contributed by atoms with Gasteiger partial charge >= 0.3 is 0 Å². The quantitative estimate of drug-likeness (QED) is 0.878. The van der Waals surface area contributed by atoms with Gasteiger partial charge in [0, 0.05) is 36.3 Å². The number of carbonyl (C=O) groups is 2. The molecule has 24 heavy (non-hydrogen) atoms. The van der Waals surface area contributed by atoms with E-state index in [9.17, 15) is 9.59 Å². The van der Waals surface area contributed by atoms with Crippen LogP contribution in [0.25, 0.3) is 0 Å². The highest BCUT2D eigenvalue weighted by Gasteiger charge is 2.30. The lowest BCUT2D eigenvalue weighted by Crippen LogP contribution is -2.44. The van der Waals surface area contributed by atoms with Crippen molar-refractivity contribution in [1.82, 2.24) is 4.98 Å². The molecule has 0 bridgehead atoms. The zero-order chi connectivity index (χ0) is 17.1. The van der Waals surface area contributed by atoms with Crippen LogP contribution in [-0.4, -0.2) is 29.4 Å². The summed E-state index contributed by atoms with van der Waals surface area (Å²) < 4.78 is 5.66. The van der Waals surface area contributed by atoms with E-state index in [0.29, 0.717) is 29.2 Å². The number of fused-ring (bicyclic) bond motifs is 1. The molecule has 3 rings (SSSR count). The van der Waals surface area contributed by atoms with Gasteiger partial charge in [-0.3, -0.25) is 14.6 Å². The minimum Gasteiger partial charge on any atom is -0.479 e. The van der Waals surface area contributed by atoms with Crippen molar-refractivity contribution in [1.29, 1.82) is 0 Å². The van der Waals surface area contributed by atoms with Crippen molar-refractivity contribution in [3.63, 3.8) is 0 Å². The summed E-state index contributed by atoms with van der Waals surface area (Å²) in [6, 6.07) is 8.48. The number of nitrogens with one attached hydrogen (secondary N) is 1. The summed E-state index contributed by atoms with van der Waals surface area (Å²) in [6.07, 6.45) is 4.21. The van der Waals surface area contributed by atoms with Crippen LogP contribution in [0.1, 0.15) is 17.3 Å². The van der Waals surface area contributed by atoms with E-state index < -0.39 is 6.10 Å². The van der Waals surface area contributed by atoms with E-state index in [4.69, 9.17) is 4.74 Å². The maximum Gasteiger partial charge on any atom is 0.268 e. The number of aromatic nitrogens is 1. The van der Waals surface area contributed by atoms with Crippen LogP contribution in [0.3, 0.4) is 0 Å². The Hall–Kier alpha value is -3.15. The smallest absolute Gasteiger partial charge is 0.268 e. The van der Waals surface area contributed by atoms with E-state index in [-0.39, 0.29) is 11.8 Å². The van der Waals surface area contributed by atoms with Crippen LogP contribution in [-0.2, 0) is 4.79 Å². The SMILES string of the molecule is C=CCN1C(=O)C(C)Oc2cc(NC(=O)c3ccncc3)ccc21. The highest BCUT2D eigenvalue weighted by Crippen LogP contribution is 2.36. The van der Waals surface area contributed by atoms with E-state index in [1.54, 1.807) is 60.6 Å². The molecule has 122 valence electrons. The molecule has 0 saturated carbocycles. The van der Waals surface area contributed by atoms with Crippen LogP contribution in [0, 0.1) is 0 Å². The topological polar surface area (TPSA) is 71.5 Å². The van der Waals surface area contributed by atoms with Crippen LogP contribution in [0.5, 0.6) is 5.75 Å². The van der Waals surface area contributed by atoms with Crippen molar-refractivity contribution in [3.8, 4) is 5.75 Å². The molecule has 1 aliphatic heterocycles. The molecule has 1 atom stereocenters. The fraction of sp³-hybridized carbons (Fsp3) is 0.167. The van der Waals surface area contributed by atoms with E-state index in [2.05, 4.69) is 16.9 Å². The molecule has 2 heterocycles. The van der Waals surface area contributed by atoms with Crippen molar-refractivity contribution in [3.05, 3.63) is 60.9 Å². The van der Waals surface area contributed by atoms with Gasteiger partial charge in [0.2, 0.25) is 0 Å². The van der Waals surface area contributed by atoms with Gasteiger partial charge in [-0.1, -0.05) is 6.08 Å². The molecule has 1 aliphatic rings. The summed E-state index contributed by atoms with van der Waals surface area (Å²) in [4.78, 5) is 29.9. The molecule has 0 spiro atoms. The van der Waals surface area contributed by atoms with Crippen LogP contribution in [0.2, 0.25) is 0 Å². The van der Waals surface area contributed by atoms with Gasteiger partial charge in [-0.05, 0) is 31.2 Å². The molecule has 1 unspecified atom stereocenters. The lowest BCUT2D eigenvalue weighted by molar-refractivity contribution is -0.125. The number of amides is 2. The summed E-state index contributed by atoms with van der Waals surface area (Å²) in [6.45, 7) is 5.78. The summed E-state index contributed by atoms with van der Waals surface area (Å²) in [5.74, 6) is 0.202. The summed E-state index contributed by atoms with van der Waals surface area (Å²) in [5, 5.41) is 2.81. The van der Waals surface area contributed by atoms with Crippen molar-refractivity contribution >= 4 is 23.2 Å². The highest BCUT2D eigenvalue weighted by molar-refractivity contribution is 6.05. The highest BCUT2D eigenvalue weighted by atomic mass is 16.5. The van der Waals surface area contributed by atoms with Crippen LogP contribution in [0.4, 0.5) is 11.4 Å². The normalized spacial score (nSPS) is 16.1. The lowest BCUT2D eigenvalue weighted by Gasteiger charge is -2.32. The fourth-order valence-corrected chi connectivity index (χ4v) is 2.51. The molecule has 0 saturated heterocycles. The monoisotopic (exact) mass is 323 g/mol. The summed E-state index contributed by atoms with van der Waals surface area (Å²) in [7, 11) is 0. The van der Waals surface area contributed by atoms with E-state index in [0.717, 1.165) is 0 Å². The van der Waals surface area contributed by atoms with E-state index >= 15 is 0 Å². The number of hydrogen-bond donors (Lipinski definition) is 1. The van der Waals surface area contributed by atoms with Crippen molar-refractivity contribution in [2.75, 3.05) is 16.8 Å². The molecule has 2 amide bonds. The number of ether oxygens (including phenoxy) is 1. The standard InChI is InChI=1S/C18H17N3O3/c1-3-10-21-15-5-4-14(11-16(15)24-12(2)18(21)23)20-17(22)13-6-8-19-9-7-13/h3-9,11-12H,1,10H2,2H3,(H,20,22). The molecule has 2 aromatic rings. The molecule has 1 aromatic carbocycles. The fourth-order valence-electron chi connectivity index (χ4n) is 2.51. The maximum absolute atomic E-state index is 12.2.